The van der Waals surface area contributed by atoms with Crippen LogP contribution in [0.1, 0.15) is 25.7 Å². The maximum atomic E-state index is 11.7. The van der Waals surface area contributed by atoms with E-state index in [2.05, 4.69) is 5.32 Å². The van der Waals surface area contributed by atoms with E-state index in [4.69, 9.17) is 13.9 Å². The lowest BCUT2D eigenvalue weighted by atomic mass is 10.0. The third kappa shape index (κ3) is 2.46. The van der Waals surface area contributed by atoms with Crippen molar-refractivity contribution in [1.82, 2.24) is 5.32 Å². The van der Waals surface area contributed by atoms with Crippen molar-refractivity contribution in [2.45, 2.75) is 43.9 Å². The summed E-state index contributed by atoms with van der Waals surface area (Å²) in [4.78, 5) is 11.7. The summed E-state index contributed by atoms with van der Waals surface area (Å²) in [6.45, 7) is 0. The highest BCUT2D eigenvalue weighted by Gasteiger charge is 2.34. The molecule has 0 saturated carbocycles. The first-order valence-electron chi connectivity index (χ1n) is 7.76. The van der Waals surface area contributed by atoms with Gasteiger partial charge in [0.25, 0.3) is 0 Å². The van der Waals surface area contributed by atoms with E-state index in [9.17, 15) is 4.79 Å². The normalized spacial score (nSPS) is 27.0. The Labute approximate surface area is 128 Å². The average Bonchev–Trinajstić information content (AvgIpc) is 2.85. The minimum Gasteiger partial charge on any atom is -0.490 e. The van der Waals surface area contributed by atoms with Gasteiger partial charge in [-0.2, -0.15) is 0 Å². The molecule has 22 heavy (non-hydrogen) atoms. The van der Waals surface area contributed by atoms with Gasteiger partial charge in [-0.05, 0) is 43.9 Å². The Morgan fingerprint density at radius 2 is 1.95 bits per heavy atom. The van der Waals surface area contributed by atoms with Crippen LogP contribution in [0.4, 0.5) is 0 Å². The molecule has 0 spiro atoms. The van der Waals surface area contributed by atoms with E-state index in [1.165, 1.54) is 20.0 Å². The van der Waals surface area contributed by atoms with E-state index in [1.54, 1.807) is 12.1 Å². The van der Waals surface area contributed by atoms with Crippen LogP contribution in [-0.4, -0.2) is 25.3 Å². The van der Waals surface area contributed by atoms with Gasteiger partial charge in [0.1, 0.15) is 17.4 Å². The lowest BCUT2D eigenvalue weighted by molar-refractivity contribution is 0.137. The van der Waals surface area contributed by atoms with E-state index in [1.807, 2.05) is 12.1 Å². The Morgan fingerprint density at radius 1 is 1.18 bits per heavy atom. The summed E-state index contributed by atoms with van der Waals surface area (Å²) in [7, 11) is 1.46. The zero-order valence-corrected chi connectivity index (χ0v) is 12.5. The standard InChI is InChI=1S/C17H19NO4/c1-20-16-6-10-2-5-13(9-15(10)22-17(16)19)21-14-7-11-3-4-12(8-14)18-11/h2,5-6,9,11-12,14,18H,3-4,7-8H2,1H3/t11-,12-/m1/s1. The van der Waals surface area contributed by atoms with Crippen LogP contribution in [0.15, 0.2) is 33.5 Å². The molecule has 3 heterocycles. The van der Waals surface area contributed by atoms with Crippen LogP contribution in [0.2, 0.25) is 0 Å². The third-order valence-corrected chi connectivity index (χ3v) is 4.63. The van der Waals surface area contributed by atoms with Crippen molar-refractivity contribution < 1.29 is 13.9 Å². The number of hydrogen-bond donors (Lipinski definition) is 1. The van der Waals surface area contributed by atoms with E-state index in [0.29, 0.717) is 17.7 Å². The average molecular weight is 301 g/mol. The zero-order valence-electron chi connectivity index (χ0n) is 12.5. The summed E-state index contributed by atoms with van der Waals surface area (Å²) >= 11 is 0. The van der Waals surface area contributed by atoms with Crippen molar-refractivity contribution in [1.29, 1.82) is 0 Å². The minimum absolute atomic E-state index is 0.219. The predicted octanol–water partition coefficient (Wildman–Crippen LogP) is 2.46. The first kappa shape index (κ1) is 13.6. The first-order valence-corrected chi connectivity index (χ1v) is 7.76. The molecule has 0 radical (unpaired) electrons. The molecule has 0 aliphatic carbocycles. The molecule has 5 nitrogen and oxygen atoms in total. The molecule has 2 aromatic rings. The predicted molar refractivity (Wildman–Crippen MR) is 82.6 cm³/mol. The molecule has 0 amide bonds. The molecule has 2 fully saturated rings. The van der Waals surface area contributed by atoms with E-state index >= 15 is 0 Å². The molecule has 4 rings (SSSR count). The van der Waals surface area contributed by atoms with Crippen molar-refractivity contribution in [2.24, 2.45) is 0 Å². The van der Waals surface area contributed by atoms with Gasteiger partial charge in [-0.1, -0.05) is 0 Å². The molecule has 2 saturated heterocycles. The fourth-order valence-electron chi connectivity index (χ4n) is 3.58. The van der Waals surface area contributed by atoms with E-state index < -0.39 is 5.63 Å². The maximum absolute atomic E-state index is 11.7. The van der Waals surface area contributed by atoms with Gasteiger partial charge in [-0.15, -0.1) is 0 Å². The van der Waals surface area contributed by atoms with Crippen LogP contribution < -0.4 is 20.4 Å². The summed E-state index contributed by atoms with van der Waals surface area (Å²) in [5.41, 5.74) is 0.0623. The summed E-state index contributed by atoms with van der Waals surface area (Å²) in [5.74, 6) is 0.975. The van der Waals surface area contributed by atoms with Gasteiger partial charge in [-0.25, -0.2) is 4.79 Å². The summed E-state index contributed by atoms with van der Waals surface area (Å²) in [6, 6.07) is 8.48. The molecule has 116 valence electrons. The van der Waals surface area contributed by atoms with Crippen molar-refractivity contribution in [2.75, 3.05) is 7.11 Å². The summed E-state index contributed by atoms with van der Waals surface area (Å²) in [5, 5.41) is 4.43. The highest BCUT2D eigenvalue weighted by Crippen LogP contribution is 2.30. The number of methoxy groups -OCH3 is 1. The van der Waals surface area contributed by atoms with Gasteiger partial charge in [0, 0.05) is 23.5 Å². The van der Waals surface area contributed by atoms with Gasteiger partial charge < -0.3 is 19.2 Å². The van der Waals surface area contributed by atoms with Crippen molar-refractivity contribution in [3.8, 4) is 11.5 Å². The molecule has 2 aliphatic rings. The SMILES string of the molecule is COc1cc2ccc(OC3C[C@H]4CC[C@H](C3)N4)cc2oc1=O. The number of fused-ring (bicyclic) bond motifs is 3. The second-order valence-corrected chi connectivity index (χ2v) is 6.15. The Morgan fingerprint density at radius 3 is 2.68 bits per heavy atom. The monoisotopic (exact) mass is 301 g/mol. The van der Waals surface area contributed by atoms with E-state index in [0.717, 1.165) is 24.0 Å². The molecule has 1 aromatic carbocycles. The van der Waals surface area contributed by atoms with Gasteiger partial charge in [0.2, 0.25) is 5.75 Å². The smallest absolute Gasteiger partial charge is 0.379 e. The summed E-state index contributed by atoms with van der Waals surface area (Å²) < 4.78 is 16.4. The zero-order chi connectivity index (χ0) is 15.1. The fraction of sp³-hybridized carbons (Fsp3) is 0.471. The van der Waals surface area contributed by atoms with Gasteiger partial charge in [-0.3, -0.25) is 0 Å². The lowest BCUT2D eigenvalue weighted by Crippen LogP contribution is -2.42. The quantitative estimate of drug-likeness (QED) is 0.882. The topological polar surface area (TPSA) is 60.7 Å². The van der Waals surface area contributed by atoms with Crippen molar-refractivity contribution in [3.05, 3.63) is 34.7 Å². The second-order valence-electron chi connectivity index (χ2n) is 6.15. The van der Waals surface area contributed by atoms with Crippen molar-refractivity contribution in [3.63, 3.8) is 0 Å². The van der Waals surface area contributed by atoms with Crippen LogP contribution >= 0.6 is 0 Å². The van der Waals surface area contributed by atoms with Crippen LogP contribution in [0, 0.1) is 0 Å². The van der Waals surface area contributed by atoms with Crippen LogP contribution in [-0.2, 0) is 0 Å². The van der Waals surface area contributed by atoms with Gasteiger partial charge >= 0.3 is 5.63 Å². The van der Waals surface area contributed by atoms with Gasteiger partial charge in [0.15, 0.2) is 0 Å². The number of ether oxygens (including phenoxy) is 2. The molecule has 1 aromatic heterocycles. The van der Waals surface area contributed by atoms with Crippen LogP contribution in [0.5, 0.6) is 11.5 Å². The molecule has 2 bridgehead atoms. The van der Waals surface area contributed by atoms with Crippen molar-refractivity contribution >= 4 is 11.0 Å². The maximum Gasteiger partial charge on any atom is 0.379 e. The number of benzene rings is 1. The number of nitrogens with one attached hydrogen (secondary N) is 1. The van der Waals surface area contributed by atoms with Crippen LogP contribution in [0.25, 0.3) is 11.0 Å². The molecule has 0 unspecified atom stereocenters. The molecule has 5 heteroatoms. The molecule has 2 atom stereocenters. The molecule has 2 aliphatic heterocycles. The van der Waals surface area contributed by atoms with Gasteiger partial charge in [0.05, 0.1) is 7.11 Å². The number of hydrogen-bond acceptors (Lipinski definition) is 5. The molecular weight excluding hydrogens is 282 g/mol. The summed E-state index contributed by atoms with van der Waals surface area (Å²) in [6.07, 6.45) is 4.82. The first-order chi connectivity index (χ1) is 10.7. The number of rotatable bonds is 3. The minimum atomic E-state index is -0.466. The largest absolute Gasteiger partial charge is 0.490 e. The fourth-order valence-corrected chi connectivity index (χ4v) is 3.58. The highest BCUT2D eigenvalue weighted by molar-refractivity contribution is 5.79. The number of piperidine rings is 1. The molecular formula is C17H19NO4. The second kappa shape index (κ2) is 5.32. The van der Waals surface area contributed by atoms with E-state index in [-0.39, 0.29) is 11.9 Å². The Kier molecular flexibility index (Phi) is 3.30. The Balaban J connectivity index is 1.58. The Bertz CT molecular complexity index is 742. The Hall–Kier alpha value is -2.01. The third-order valence-electron chi connectivity index (χ3n) is 4.63. The molecule has 1 N–H and O–H groups in total. The lowest BCUT2D eigenvalue weighted by Gasteiger charge is -2.29. The van der Waals surface area contributed by atoms with Crippen LogP contribution in [0.3, 0.4) is 0 Å². The highest BCUT2D eigenvalue weighted by atomic mass is 16.5.